The van der Waals surface area contributed by atoms with Gasteiger partial charge in [-0.25, -0.2) is 0 Å². The van der Waals surface area contributed by atoms with Crippen molar-refractivity contribution in [2.45, 2.75) is 51.4 Å². The van der Waals surface area contributed by atoms with Crippen molar-refractivity contribution in [1.29, 1.82) is 0 Å². The Morgan fingerprint density at radius 3 is 2.89 bits per heavy atom. The molecule has 0 bridgehead atoms. The van der Waals surface area contributed by atoms with Crippen molar-refractivity contribution in [3.05, 3.63) is 23.8 Å². The lowest BCUT2D eigenvalue weighted by Crippen LogP contribution is -2.50. The van der Waals surface area contributed by atoms with Crippen LogP contribution in [0.25, 0.3) is 0 Å². The van der Waals surface area contributed by atoms with Crippen LogP contribution in [0.15, 0.2) is 23.8 Å². The lowest BCUT2D eigenvalue weighted by molar-refractivity contribution is -0.118. The minimum atomic E-state index is -0.802. The minimum absolute atomic E-state index is 0.0380. The molecule has 98 valence electrons. The lowest BCUT2D eigenvalue weighted by Gasteiger charge is -2.46. The highest BCUT2D eigenvalue weighted by atomic mass is 16.6. The van der Waals surface area contributed by atoms with Gasteiger partial charge in [0.1, 0.15) is 6.10 Å². The average molecular weight is 248 g/mol. The standard InChI is InChI=1S/C15H20O3/c1-8(2)15-12(17)7-10-5-6-11(16)9(3)14(10,4)13(15)18-15/h7,9,11,13,16H,1,5-6H2,2-4H3/t9-,11+,13-,14+,15-/m0/s1. The molecule has 0 aromatic heterocycles. The molecule has 18 heavy (non-hydrogen) atoms. The number of hydrogen-bond donors (Lipinski definition) is 1. The quantitative estimate of drug-likeness (QED) is 0.570. The van der Waals surface area contributed by atoms with Crippen LogP contribution in [-0.2, 0) is 9.53 Å². The number of carbonyl (C=O) groups is 1. The number of epoxide rings is 1. The van der Waals surface area contributed by atoms with E-state index in [1.54, 1.807) is 6.08 Å². The number of fused-ring (bicyclic) bond motifs is 3. The first-order chi connectivity index (χ1) is 8.35. The highest BCUT2D eigenvalue weighted by Gasteiger charge is 2.73. The molecule has 0 aromatic rings. The number of aliphatic hydroxyl groups is 1. The predicted octanol–water partition coefficient (Wildman–Crippen LogP) is 2.01. The van der Waals surface area contributed by atoms with Crippen LogP contribution in [0.5, 0.6) is 0 Å². The molecule has 0 spiro atoms. The van der Waals surface area contributed by atoms with Crippen molar-refractivity contribution in [2.75, 3.05) is 0 Å². The van der Waals surface area contributed by atoms with E-state index in [0.717, 1.165) is 24.0 Å². The third-order valence-corrected chi connectivity index (χ3v) is 5.39. The topological polar surface area (TPSA) is 49.8 Å². The second-order valence-electron chi connectivity index (χ2n) is 6.23. The van der Waals surface area contributed by atoms with Crippen LogP contribution in [0.3, 0.4) is 0 Å². The molecule has 3 aliphatic rings. The van der Waals surface area contributed by atoms with E-state index in [4.69, 9.17) is 4.74 Å². The Bertz CT molecular complexity index is 478. The summed E-state index contributed by atoms with van der Waals surface area (Å²) in [5, 5.41) is 10.1. The van der Waals surface area contributed by atoms with Crippen LogP contribution < -0.4 is 0 Å². The van der Waals surface area contributed by atoms with Gasteiger partial charge in [0.05, 0.1) is 6.10 Å². The Morgan fingerprint density at radius 2 is 2.28 bits per heavy atom. The normalized spacial score (nSPS) is 50.1. The van der Waals surface area contributed by atoms with Crippen molar-refractivity contribution in [3.63, 3.8) is 0 Å². The molecule has 1 N–H and O–H groups in total. The molecule has 3 heteroatoms. The van der Waals surface area contributed by atoms with E-state index in [9.17, 15) is 9.90 Å². The molecule has 1 heterocycles. The van der Waals surface area contributed by atoms with Gasteiger partial charge in [0.25, 0.3) is 0 Å². The molecule has 2 aliphatic carbocycles. The van der Waals surface area contributed by atoms with Gasteiger partial charge in [0.15, 0.2) is 11.4 Å². The molecule has 3 nitrogen and oxygen atoms in total. The fourth-order valence-corrected chi connectivity index (χ4v) is 3.83. The molecule has 1 saturated carbocycles. The first-order valence-electron chi connectivity index (χ1n) is 6.62. The summed E-state index contributed by atoms with van der Waals surface area (Å²) in [6.45, 7) is 9.94. The molecule has 1 saturated heterocycles. The number of hydrogen-bond acceptors (Lipinski definition) is 3. The van der Waals surface area contributed by atoms with Gasteiger partial charge in [-0.05, 0) is 37.3 Å². The number of ketones is 1. The molecule has 0 unspecified atom stereocenters. The van der Waals surface area contributed by atoms with Gasteiger partial charge in [0.2, 0.25) is 0 Å². The number of aliphatic hydroxyl groups excluding tert-OH is 1. The van der Waals surface area contributed by atoms with Crippen LogP contribution in [-0.4, -0.2) is 28.7 Å². The maximum absolute atomic E-state index is 12.3. The summed E-state index contributed by atoms with van der Waals surface area (Å²) in [6.07, 6.45) is 2.83. The van der Waals surface area contributed by atoms with Gasteiger partial charge in [-0.15, -0.1) is 0 Å². The van der Waals surface area contributed by atoms with E-state index in [1.807, 2.05) is 6.92 Å². The maximum atomic E-state index is 12.3. The van der Waals surface area contributed by atoms with Gasteiger partial charge in [0, 0.05) is 5.41 Å². The number of rotatable bonds is 1. The first kappa shape index (κ1) is 12.1. The Morgan fingerprint density at radius 1 is 1.61 bits per heavy atom. The van der Waals surface area contributed by atoms with E-state index < -0.39 is 5.60 Å². The fraction of sp³-hybridized carbons (Fsp3) is 0.667. The van der Waals surface area contributed by atoms with Crippen LogP contribution in [0.2, 0.25) is 0 Å². The van der Waals surface area contributed by atoms with E-state index >= 15 is 0 Å². The van der Waals surface area contributed by atoms with Gasteiger partial charge in [-0.1, -0.05) is 26.0 Å². The Labute approximate surface area is 108 Å². The van der Waals surface area contributed by atoms with Crippen molar-refractivity contribution in [3.8, 4) is 0 Å². The van der Waals surface area contributed by atoms with Crippen LogP contribution in [0.4, 0.5) is 0 Å². The lowest BCUT2D eigenvalue weighted by atomic mass is 9.57. The van der Waals surface area contributed by atoms with Crippen molar-refractivity contribution in [2.24, 2.45) is 11.3 Å². The Balaban J connectivity index is 2.10. The second kappa shape index (κ2) is 3.34. The highest BCUT2D eigenvalue weighted by Crippen LogP contribution is 2.63. The first-order valence-corrected chi connectivity index (χ1v) is 6.62. The van der Waals surface area contributed by atoms with Crippen molar-refractivity contribution >= 4 is 5.78 Å². The summed E-state index contributed by atoms with van der Waals surface area (Å²) >= 11 is 0. The van der Waals surface area contributed by atoms with Crippen molar-refractivity contribution < 1.29 is 14.6 Å². The molecular formula is C15H20O3. The van der Waals surface area contributed by atoms with Gasteiger partial charge in [-0.2, -0.15) is 0 Å². The summed E-state index contributed by atoms with van der Waals surface area (Å²) in [5.74, 6) is 0.146. The maximum Gasteiger partial charge on any atom is 0.194 e. The zero-order valence-corrected chi connectivity index (χ0v) is 11.2. The largest absolute Gasteiger partial charge is 0.393 e. The molecule has 1 aliphatic heterocycles. The summed E-state index contributed by atoms with van der Waals surface area (Å²) in [7, 11) is 0. The third-order valence-electron chi connectivity index (χ3n) is 5.39. The van der Waals surface area contributed by atoms with Gasteiger partial charge in [-0.3, -0.25) is 4.79 Å². The molecular weight excluding hydrogens is 228 g/mol. The fourth-order valence-electron chi connectivity index (χ4n) is 3.83. The van der Waals surface area contributed by atoms with Crippen LogP contribution in [0.1, 0.15) is 33.6 Å². The molecule has 0 aromatic carbocycles. The second-order valence-corrected chi connectivity index (χ2v) is 6.23. The number of carbonyl (C=O) groups excluding carboxylic acids is 1. The monoisotopic (exact) mass is 248 g/mol. The van der Waals surface area contributed by atoms with Crippen LogP contribution in [0, 0.1) is 11.3 Å². The smallest absolute Gasteiger partial charge is 0.194 e. The predicted molar refractivity (Wildman–Crippen MR) is 68.0 cm³/mol. The van der Waals surface area contributed by atoms with E-state index in [0.29, 0.717) is 0 Å². The zero-order valence-electron chi connectivity index (χ0n) is 11.2. The minimum Gasteiger partial charge on any atom is -0.393 e. The summed E-state index contributed by atoms with van der Waals surface area (Å²) in [5.41, 5.74) is 0.889. The van der Waals surface area contributed by atoms with Gasteiger partial charge < -0.3 is 9.84 Å². The van der Waals surface area contributed by atoms with Crippen molar-refractivity contribution in [1.82, 2.24) is 0 Å². The van der Waals surface area contributed by atoms with E-state index in [1.165, 1.54) is 0 Å². The third kappa shape index (κ3) is 1.14. The molecule has 0 radical (unpaired) electrons. The zero-order chi connectivity index (χ0) is 13.3. The Kier molecular flexibility index (Phi) is 2.25. The van der Waals surface area contributed by atoms with Gasteiger partial charge >= 0.3 is 0 Å². The van der Waals surface area contributed by atoms with E-state index in [-0.39, 0.29) is 29.3 Å². The molecule has 5 atom stereocenters. The Hall–Kier alpha value is -0.930. The SMILES string of the molecule is C=C(C)[C@@]12O[C@H]1[C@@]1(C)C(=CC2=O)CC[C@@H](O)[C@@H]1C. The highest BCUT2D eigenvalue weighted by molar-refractivity contribution is 6.04. The average Bonchev–Trinajstić information content (AvgIpc) is 3.06. The summed E-state index contributed by atoms with van der Waals surface area (Å²) < 4.78 is 5.82. The van der Waals surface area contributed by atoms with Crippen LogP contribution >= 0.6 is 0 Å². The van der Waals surface area contributed by atoms with E-state index in [2.05, 4.69) is 20.4 Å². The molecule has 3 rings (SSSR count). The molecule has 0 amide bonds. The molecule has 2 fully saturated rings. The number of ether oxygens (including phenoxy) is 1. The summed E-state index contributed by atoms with van der Waals surface area (Å²) in [4.78, 5) is 12.3. The summed E-state index contributed by atoms with van der Waals surface area (Å²) in [6, 6.07) is 0.